The average molecular weight is 928 g/mol. The van der Waals surface area contributed by atoms with E-state index in [4.69, 9.17) is 14.2 Å². The summed E-state index contributed by atoms with van der Waals surface area (Å²) in [6.45, 7) is 6.60. The highest BCUT2D eigenvalue weighted by molar-refractivity contribution is 5.71. The van der Waals surface area contributed by atoms with Gasteiger partial charge in [0.1, 0.15) is 13.2 Å². The molecule has 0 aliphatic carbocycles. The maximum Gasteiger partial charge on any atom is 0.306 e. The van der Waals surface area contributed by atoms with E-state index in [2.05, 4.69) is 57.2 Å². The zero-order valence-electron chi connectivity index (χ0n) is 44.2. The van der Waals surface area contributed by atoms with E-state index >= 15 is 0 Å². The minimum Gasteiger partial charge on any atom is -0.462 e. The first kappa shape index (κ1) is 63.6. The maximum absolute atomic E-state index is 12.8. The lowest BCUT2D eigenvalue weighted by Gasteiger charge is -2.18. The summed E-state index contributed by atoms with van der Waals surface area (Å²) in [5, 5.41) is 0. The van der Waals surface area contributed by atoms with Gasteiger partial charge in [0, 0.05) is 19.3 Å². The zero-order chi connectivity index (χ0) is 47.9. The fourth-order valence-corrected chi connectivity index (χ4v) is 8.46. The summed E-state index contributed by atoms with van der Waals surface area (Å²) in [4.78, 5) is 38.0. The fourth-order valence-electron chi connectivity index (χ4n) is 8.46. The van der Waals surface area contributed by atoms with Crippen molar-refractivity contribution in [2.24, 2.45) is 0 Å². The van der Waals surface area contributed by atoms with Gasteiger partial charge in [0.25, 0.3) is 0 Å². The number of unbranched alkanes of at least 4 members (excludes halogenated alkanes) is 36. The molecule has 0 heterocycles. The van der Waals surface area contributed by atoms with Gasteiger partial charge in [-0.2, -0.15) is 0 Å². The minimum atomic E-state index is -0.775. The molecule has 0 aromatic heterocycles. The molecule has 0 saturated heterocycles. The van der Waals surface area contributed by atoms with Gasteiger partial charge in [-0.1, -0.05) is 256 Å². The zero-order valence-corrected chi connectivity index (χ0v) is 44.2. The number of allylic oxidation sites excluding steroid dienone is 6. The molecule has 0 aromatic rings. The maximum atomic E-state index is 12.8. The second kappa shape index (κ2) is 55.2. The lowest BCUT2D eigenvalue weighted by molar-refractivity contribution is -0.167. The van der Waals surface area contributed by atoms with Crippen LogP contribution in [-0.2, 0) is 28.6 Å². The topological polar surface area (TPSA) is 78.9 Å². The predicted molar refractivity (Wildman–Crippen MR) is 284 cm³/mol. The van der Waals surface area contributed by atoms with Gasteiger partial charge >= 0.3 is 17.9 Å². The SMILES string of the molecule is CCCC/C=C\C/C=C\CCCCCCCC(=O)OC(COC(=O)CCCCCCCCCCC)COC(=O)CCCCCCCCCCCCCCC/C=C\CCCCCCCCCC. The smallest absolute Gasteiger partial charge is 0.306 e. The summed E-state index contributed by atoms with van der Waals surface area (Å²) in [5.41, 5.74) is 0. The highest BCUT2D eigenvalue weighted by Gasteiger charge is 2.19. The van der Waals surface area contributed by atoms with Crippen LogP contribution in [0.2, 0.25) is 0 Å². The van der Waals surface area contributed by atoms with Crippen molar-refractivity contribution in [3.63, 3.8) is 0 Å². The van der Waals surface area contributed by atoms with Crippen molar-refractivity contribution >= 4 is 17.9 Å². The molecule has 0 rings (SSSR count). The number of hydrogen-bond acceptors (Lipinski definition) is 6. The Labute approximate surface area is 410 Å². The second-order valence-corrected chi connectivity index (χ2v) is 19.6. The van der Waals surface area contributed by atoms with E-state index in [1.807, 2.05) is 0 Å². The number of ether oxygens (including phenoxy) is 3. The molecule has 0 saturated carbocycles. The highest BCUT2D eigenvalue weighted by Crippen LogP contribution is 2.16. The molecule has 66 heavy (non-hydrogen) atoms. The van der Waals surface area contributed by atoms with Crippen molar-refractivity contribution in [2.45, 2.75) is 316 Å². The summed E-state index contributed by atoms with van der Waals surface area (Å²) in [6.07, 6.45) is 65.8. The molecule has 1 unspecified atom stereocenters. The quantitative estimate of drug-likeness (QED) is 0.0262. The molecule has 0 aliphatic heterocycles. The van der Waals surface area contributed by atoms with Crippen molar-refractivity contribution in [3.05, 3.63) is 36.5 Å². The van der Waals surface area contributed by atoms with Gasteiger partial charge in [-0.05, 0) is 70.6 Å². The van der Waals surface area contributed by atoms with Gasteiger partial charge in [0.2, 0.25) is 0 Å². The number of hydrogen-bond donors (Lipinski definition) is 0. The van der Waals surface area contributed by atoms with Gasteiger partial charge in [-0.3, -0.25) is 14.4 Å². The molecule has 6 heteroatoms. The van der Waals surface area contributed by atoms with E-state index in [-0.39, 0.29) is 31.1 Å². The Hall–Kier alpha value is -2.37. The van der Waals surface area contributed by atoms with Crippen LogP contribution in [0.1, 0.15) is 310 Å². The third-order valence-corrected chi connectivity index (χ3v) is 12.9. The van der Waals surface area contributed by atoms with Gasteiger partial charge < -0.3 is 14.2 Å². The van der Waals surface area contributed by atoms with Gasteiger partial charge in [-0.25, -0.2) is 0 Å². The second-order valence-electron chi connectivity index (χ2n) is 19.6. The lowest BCUT2D eigenvalue weighted by atomic mass is 10.0. The molecule has 0 amide bonds. The summed E-state index contributed by atoms with van der Waals surface area (Å²) < 4.78 is 16.8. The summed E-state index contributed by atoms with van der Waals surface area (Å²) >= 11 is 0. The summed E-state index contributed by atoms with van der Waals surface area (Å²) in [6, 6.07) is 0. The van der Waals surface area contributed by atoms with E-state index in [0.29, 0.717) is 19.3 Å². The monoisotopic (exact) mass is 927 g/mol. The van der Waals surface area contributed by atoms with E-state index in [1.165, 1.54) is 186 Å². The Kier molecular flexibility index (Phi) is 53.2. The lowest BCUT2D eigenvalue weighted by Crippen LogP contribution is -2.30. The van der Waals surface area contributed by atoms with Crippen molar-refractivity contribution < 1.29 is 28.6 Å². The van der Waals surface area contributed by atoms with Crippen molar-refractivity contribution in [1.29, 1.82) is 0 Å². The third kappa shape index (κ3) is 52.6. The Morgan fingerprint density at radius 3 is 0.894 bits per heavy atom. The largest absolute Gasteiger partial charge is 0.462 e. The molecule has 0 radical (unpaired) electrons. The van der Waals surface area contributed by atoms with Crippen LogP contribution in [0.25, 0.3) is 0 Å². The number of carbonyl (C=O) groups is 3. The molecule has 0 fully saturated rings. The molecule has 0 spiro atoms. The van der Waals surface area contributed by atoms with Crippen LogP contribution >= 0.6 is 0 Å². The third-order valence-electron chi connectivity index (χ3n) is 12.9. The highest BCUT2D eigenvalue weighted by atomic mass is 16.6. The molecular weight excluding hydrogens is 817 g/mol. The van der Waals surface area contributed by atoms with Crippen molar-refractivity contribution in [3.8, 4) is 0 Å². The minimum absolute atomic E-state index is 0.0747. The van der Waals surface area contributed by atoms with Crippen molar-refractivity contribution in [2.75, 3.05) is 13.2 Å². The van der Waals surface area contributed by atoms with Crippen LogP contribution in [0.15, 0.2) is 36.5 Å². The molecule has 0 N–H and O–H groups in total. The van der Waals surface area contributed by atoms with E-state index in [9.17, 15) is 14.4 Å². The Bertz CT molecular complexity index is 1110. The van der Waals surface area contributed by atoms with Crippen LogP contribution < -0.4 is 0 Å². The van der Waals surface area contributed by atoms with Crippen molar-refractivity contribution in [1.82, 2.24) is 0 Å². The molecular formula is C60H110O6. The van der Waals surface area contributed by atoms with Gasteiger partial charge in [0.05, 0.1) is 0 Å². The van der Waals surface area contributed by atoms with Crippen LogP contribution in [0.5, 0.6) is 0 Å². The molecule has 1 atom stereocenters. The number of carbonyl (C=O) groups excluding carboxylic acids is 3. The predicted octanol–water partition coefficient (Wildman–Crippen LogP) is 19.3. The summed E-state index contributed by atoms with van der Waals surface area (Å²) in [5.74, 6) is -0.878. The molecule has 0 aromatic carbocycles. The Morgan fingerprint density at radius 1 is 0.303 bits per heavy atom. The van der Waals surface area contributed by atoms with E-state index in [0.717, 1.165) is 83.5 Å². The molecule has 6 nitrogen and oxygen atoms in total. The summed E-state index contributed by atoms with van der Waals surface area (Å²) in [7, 11) is 0. The molecule has 0 aliphatic rings. The first-order chi connectivity index (χ1) is 32.5. The standard InChI is InChI=1S/C60H110O6/c1-4-7-10-13-16-19-21-23-25-26-27-28-29-30-31-32-33-34-35-37-38-41-44-47-50-53-59(62)65-56-57(55-64-58(61)52-49-46-43-40-18-15-12-9-6-3)66-60(63)54-51-48-45-42-39-36-24-22-20-17-14-11-8-5-2/h14,17,22,24,26-27,57H,4-13,15-16,18-21,23,25,28-56H2,1-3H3/b17-14-,24-22-,27-26-. The van der Waals surface area contributed by atoms with E-state index < -0.39 is 6.10 Å². The Balaban J connectivity index is 4.16. The first-order valence-electron chi connectivity index (χ1n) is 29.0. The van der Waals surface area contributed by atoms with Gasteiger partial charge in [-0.15, -0.1) is 0 Å². The number of esters is 3. The first-order valence-corrected chi connectivity index (χ1v) is 29.0. The van der Waals surface area contributed by atoms with Crippen LogP contribution in [-0.4, -0.2) is 37.2 Å². The Morgan fingerprint density at radius 2 is 0.561 bits per heavy atom. The van der Waals surface area contributed by atoms with Crippen LogP contribution in [0, 0.1) is 0 Å². The molecule has 386 valence electrons. The normalized spacial score (nSPS) is 12.2. The number of rotatable bonds is 53. The van der Waals surface area contributed by atoms with Gasteiger partial charge in [0.15, 0.2) is 6.10 Å². The van der Waals surface area contributed by atoms with Crippen LogP contribution in [0.4, 0.5) is 0 Å². The van der Waals surface area contributed by atoms with Crippen LogP contribution in [0.3, 0.4) is 0 Å². The fraction of sp³-hybridized carbons (Fsp3) is 0.850. The average Bonchev–Trinajstić information content (AvgIpc) is 3.31. The molecule has 0 bridgehead atoms. The van der Waals surface area contributed by atoms with E-state index in [1.54, 1.807) is 0 Å².